The van der Waals surface area contributed by atoms with Gasteiger partial charge in [0.2, 0.25) is 5.91 Å². The Morgan fingerprint density at radius 2 is 1.93 bits per heavy atom. The summed E-state index contributed by atoms with van der Waals surface area (Å²) in [6, 6.07) is 9.54. The average Bonchev–Trinajstić information content (AvgIpc) is 2.15. The minimum absolute atomic E-state index is 0.0591. The summed E-state index contributed by atoms with van der Waals surface area (Å²) >= 11 is 0. The molecule has 0 spiro atoms. The molecule has 0 heterocycles. The molecule has 14 heavy (non-hydrogen) atoms. The zero-order chi connectivity index (χ0) is 10.6. The van der Waals surface area contributed by atoms with Crippen LogP contribution < -0.4 is 11.1 Å². The van der Waals surface area contributed by atoms with Crippen molar-refractivity contribution in [3.63, 3.8) is 0 Å². The Labute approximate surface area is 84.3 Å². The Hall–Kier alpha value is -1.35. The van der Waals surface area contributed by atoms with E-state index in [-0.39, 0.29) is 18.0 Å². The minimum atomic E-state index is -0.103. The number of rotatable bonds is 3. The predicted octanol–water partition coefficient (Wildman–Crippen LogP) is 1.21. The highest BCUT2D eigenvalue weighted by atomic mass is 16.1. The monoisotopic (exact) mass is 192 g/mol. The lowest BCUT2D eigenvalue weighted by Crippen LogP contribution is -2.38. The highest BCUT2D eigenvalue weighted by Gasteiger charge is 2.16. The Morgan fingerprint density at radius 3 is 2.36 bits per heavy atom. The third-order valence-corrected chi connectivity index (χ3v) is 2.04. The summed E-state index contributed by atoms with van der Waals surface area (Å²) in [5.74, 6) is -0.0591. The van der Waals surface area contributed by atoms with Crippen LogP contribution in [0.3, 0.4) is 0 Å². The molecular formula is C11H16N2O. The van der Waals surface area contributed by atoms with Gasteiger partial charge in [0.25, 0.3) is 0 Å². The van der Waals surface area contributed by atoms with Gasteiger partial charge in [-0.2, -0.15) is 0 Å². The molecule has 2 unspecified atom stereocenters. The number of carbonyl (C=O) groups is 1. The summed E-state index contributed by atoms with van der Waals surface area (Å²) < 4.78 is 0. The second-order valence-corrected chi connectivity index (χ2v) is 3.45. The fourth-order valence-corrected chi connectivity index (χ4v) is 1.40. The second-order valence-electron chi connectivity index (χ2n) is 3.45. The van der Waals surface area contributed by atoms with Crippen LogP contribution in [-0.4, -0.2) is 11.9 Å². The van der Waals surface area contributed by atoms with E-state index < -0.39 is 0 Å². The van der Waals surface area contributed by atoms with E-state index in [9.17, 15) is 4.79 Å². The van der Waals surface area contributed by atoms with Crippen molar-refractivity contribution < 1.29 is 4.79 Å². The molecule has 1 aromatic rings. The molecule has 3 nitrogen and oxygen atoms in total. The van der Waals surface area contributed by atoms with Crippen LogP contribution in [0.15, 0.2) is 30.3 Å². The van der Waals surface area contributed by atoms with Crippen molar-refractivity contribution in [3.05, 3.63) is 35.9 Å². The Balaban J connectivity index is 2.83. The van der Waals surface area contributed by atoms with E-state index in [4.69, 9.17) is 5.73 Å². The summed E-state index contributed by atoms with van der Waals surface area (Å²) in [5.41, 5.74) is 6.84. The molecule has 0 aliphatic carbocycles. The van der Waals surface area contributed by atoms with Gasteiger partial charge in [-0.25, -0.2) is 0 Å². The highest BCUT2D eigenvalue weighted by Crippen LogP contribution is 2.14. The zero-order valence-corrected chi connectivity index (χ0v) is 8.53. The Bertz CT molecular complexity index is 295. The Morgan fingerprint density at radius 1 is 1.36 bits per heavy atom. The summed E-state index contributed by atoms with van der Waals surface area (Å²) in [4.78, 5) is 11.0. The molecule has 0 radical (unpaired) electrons. The first-order chi connectivity index (χ1) is 6.61. The number of carbonyl (C=O) groups excluding carboxylic acids is 1. The van der Waals surface area contributed by atoms with Crippen molar-refractivity contribution in [2.75, 3.05) is 0 Å². The lowest BCUT2D eigenvalue weighted by molar-refractivity contribution is -0.119. The van der Waals surface area contributed by atoms with Crippen LogP contribution in [0.1, 0.15) is 25.5 Å². The SMILES string of the molecule is CC(=O)NC(c1ccccc1)C(C)N. The Kier molecular flexibility index (Phi) is 3.65. The smallest absolute Gasteiger partial charge is 0.217 e. The number of amides is 1. The van der Waals surface area contributed by atoms with Gasteiger partial charge in [0.05, 0.1) is 6.04 Å². The van der Waals surface area contributed by atoms with E-state index in [0.29, 0.717) is 0 Å². The molecule has 0 bridgehead atoms. The van der Waals surface area contributed by atoms with Crippen LogP contribution in [-0.2, 0) is 4.79 Å². The molecule has 2 atom stereocenters. The fraction of sp³-hybridized carbons (Fsp3) is 0.364. The van der Waals surface area contributed by atoms with Gasteiger partial charge in [0.1, 0.15) is 0 Å². The van der Waals surface area contributed by atoms with E-state index in [2.05, 4.69) is 5.32 Å². The van der Waals surface area contributed by atoms with Crippen molar-refractivity contribution >= 4 is 5.91 Å². The minimum Gasteiger partial charge on any atom is -0.348 e. The number of hydrogen-bond acceptors (Lipinski definition) is 2. The molecule has 0 saturated carbocycles. The summed E-state index contributed by atoms with van der Waals surface area (Å²) in [6.45, 7) is 3.38. The van der Waals surface area contributed by atoms with Crippen LogP contribution in [0.25, 0.3) is 0 Å². The first-order valence-corrected chi connectivity index (χ1v) is 4.69. The van der Waals surface area contributed by atoms with Gasteiger partial charge in [-0.15, -0.1) is 0 Å². The topological polar surface area (TPSA) is 55.1 Å². The first kappa shape index (κ1) is 10.7. The van der Waals surface area contributed by atoms with Crippen molar-refractivity contribution in [3.8, 4) is 0 Å². The maximum Gasteiger partial charge on any atom is 0.217 e. The molecule has 0 aliphatic heterocycles. The van der Waals surface area contributed by atoms with E-state index >= 15 is 0 Å². The van der Waals surface area contributed by atoms with Gasteiger partial charge in [-0.05, 0) is 12.5 Å². The predicted molar refractivity (Wildman–Crippen MR) is 56.6 cm³/mol. The number of hydrogen-bond donors (Lipinski definition) is 2. The van der Waals surface area contributed by atoms with Crippen LogP contribution in [0.5, 0.6) is 0 Å². The first-order valence-electron chi connectivity index (χ1n) is 4.69. The van der Waals surface area contributed by atoms with E-state index in [1.807, 2.05) is 37.3 Å². The number of nitrogens with one attached hydrogen (secondary N) is 1. The molecule has 1 rings (SSSR count). The summed E-state index contributed by atoms with van der Waals surface area (Å²) in [7, 11) is 0. The largest absolute Gasteiger partial charge is 0.348 e. The molecule has 0 aromatic heterocycles. The normalized spacial score (nSPS) is 14.5. The molecule has 0 aliphatic rings. The van der Waals surface area contributed by atoms with Crippen LogP contribution in [0.2, 0.25) is 0 Å². The molecule has 0 fully saturated rings. The van der Waals surface area contributed by atoms with Crippen molar-refractivity contribution in [1.82, 2.24) is 5.32 Å². The van der Waals surface area contributed by atoms with E-state index in [1.165, 1.54) is 6.92 Å². The van der Waals surface area contributed by atoms with Crippen molar-refractivity contribution in [2.45, 2.75) is 25.9 Å². The maximum atomic E-state index is 11.0. The summed E-state index contributed by atoms with van der Waals surface area (Å²) in [6.07, 6.45) is 0. The van der Waals surface area contributed by atoms with Gasteiger partial charge < -0.3 is 11.1 Å². The molecule has 76 valence electrons. The second kappa shape index (κ2) is 4.77. The van der Waals surface area contributed by atoms with Crippen LogP contribution in [0.4, 0.5) is 0 Å². The molecule has 3 heteroatoms. The molecule has 1 aromatic carbocycles. The van der Waals surface area contributed by atoms with E-state index in [0.717, 1.165) is 5.56 Å². The highest BCUT2D eigenvalue weighted by molar-refractivity contribution is 5.73. The van der Waals surface area contributed by atoms with Crippen LogP contribution >= 0.6 is 0 Å². The standard InChI is InChI=1S/C11H16N2O/c1-8(12)11(13-9(2)14)10-6-4-3-5-7-10/h3-8,11H,12H2,1-2H3,(H,13,14). The van der Waals surface area contributed by atoms with Crippen LogP contribution in [0, 0.1) is 0 Å². The maximum absolute atomic E-state index is 11.0. The van der Waals surface area contributed by atoms with Crippen molar-refractivity contribution in [2.24, 2.45) is 5.73 Å². The van der Waals surface area contributed by atoms with E-state index in [1.54, 1.807) is 0 Å². The third kappa shape index (κ3) is 2.85. The van der Waals surface area contributed by atoms with Crippen molar-refractivity contribution in [1.29, 1.82) is 0 Å². The average molecular weight is 192 g/mol. The van der Waals surface area contributed by atoms with Gasteiger partial charge >= 0.3 is 0 Å². The number of benzene rings is 1. The lowest BCUT2D eigenvalue weighted by Gasteiger charge is -2.21. The summed E-state index contributed by atoms with van der Waals surface area (Å²) in [5, 5.41) is 2.83. The third-order valence-electron chi connectivity index (χ3n) is 2.04. The van der Waals surface area contributed by atoms with Gasteiger partial charge in [0.15, 0.2) is 0 Å². The molecular weight excluding hydrogens is 176 g/mol. The van der Waals surface area contributed by atoms with Gasteiger partial charge in [-0.3, -0.25) is 4.79 Å². The number of nitrogens with two attached hydrogens (primary N) is 1. The van der Waals surface area contributed by atoms with Gasteiger partial charge in [0, 0.05) is 13.0 Å². The lowest BCUT2D eigenvalue weighted by atomic mass is 10.0. The fourth-order valence-electron chi connectivity index (χ4n) is 1.40. The van der Waals surface area contributed by atoms with Gasteiger partial charge in [-0.1, -0.05) is 30.3 Å². The zero-order valence-electron chi connectivity index (χ0n) is 8.53. The molecule has 3 N–H and O–H groups in total. The molecule has 1 amide bonds. The quantitative estimate of drug-likeness (QED) is 0.756. The molecule has 0 saturated heterocycles.